The van der Waals surface area contributed by atoms with E-state index in [0.29, 0.717) is 19.0 Å². The Labute approximate surface area is 125 Å². The molecular weight excluding hydrogens is 268 g/mol. The molecule has 0 aromatic carbocycles. The standard InChI is InChI=1S/C16H22N2O3/c1-10(2)9-18(7-3-6-17)15(19)13-11-4-5-12(8-11)14(13)16(20)21/h4-5,10-14H,3,7-9H2,1-2H3,(H,20,21). The number of rotatable bonds is 6. The lowest BCUT2D eigenvalue weighted by atomic mass is 9.82. The first-order valence-corrected chi connectivity index (χ1v) is 7.52. The van der Waals surface area contributed by atoms with Gasteiger partial charge in [0.05, 0.1) is 24.3 Å². The van der Waals surface area contributed by atoms with Gasteiger partial charge in [0.25, 0.3) is 0 Å². The summed E-state index contributed by atoms with van der Waals surface area (Å²) in [5, 5.41) is 18.2. The molecule has 0 heterocycles. The zero-order valence-electron chi connectivity index (χ0n) is 12.5. The maximum atomic E-state index is 12.8. The van der Waals surface area contributed by atoms with Gasteiger partial charge in [-0.25, -0.2) is 0 Å². The Morgan fingerprint density at radius 1 is 1.33 bits per heavy atom. The summed E-state index contributed by atoms with van der Waals surface area (Å²) in [5.41, 5.74) is 0. The summed E-state index contributed by atoms with van der Waals surface area (Å²) < 4.78 is 0. The third-order valence-electron chi connectivity index (χ3n) is 4.42. The fourth-order valence-corrected chi connectivity index (χ4v) is 3.62. The van der Waals surface area contributed by atoms with Crippen LogP contribution in [0.4, 0.5) is 0 Å². The molecule has 2 aliphatic carbocycles. The number of nitrogens with zero attached hydrogens (tertiary/aromatic N) is 2. The number of aliphatic carboxylic acids is 1. The normalized spacial score (nSPS) is 29.6. The summed E-state index contributed by atoms with van der Waals surface area (Å²) in [4.78, 5) is 26.0. The lowest BCUT2D eigenvalue weighted by molar-refractivity contribution is -0.151. The van der Waals surface area contributed by atoms with Gasteiger partial charge in [0.2, 0.25) is 5.91 Å². The third kappa shape index (κ3) is 3.10. The van der Waals surface area contributed by atoms with Gasteiger partial charge in [-0.15, -0.1) is 0 Å². The minimum atomic E-state index is -0.880. The molecule has 1 N–H and O–H groups in total. The van der Waals surface area contributed by atoms with Gasteiger partial charge in [-0.1, -0.05) is 26.0 Å². The lowest BCUT2D eigenvalue weighted by Crippen LogP contribution is -2.44. The van der Waals surface area contributed by atoms with Gasteiger partial charge >= 0.3 is 5.97 Å². The van der Waals surface area contributed by atoms with E-state index in [0.717, 1.165) is 6.42 Å². The van der Waals surface area contributed by atoms with Crippen LogP contribution in [0.2, 0.25) is 0 Å². The molecule has 2 rings (SSSR count). The molecule has 0 aromatic heterocycles. The molecule has 0 saturated heterocycles. The Balaban J connectivity index is 2.17. The molecule has 1 amide bonds. The van der Waals surface area contributed by atoms with Gasteiger partial charge in [-0.2, -0.15) is 5.26 Å². The van der Waals surface area contributed by atoms with Crippen LogP contribution in [-0.2, 0) is 9.59 Å². The number of hydrogen-bond acceptors (Lipinski definition) is 3. The van der Waals surface area contributed by atoms with Crippen LogP contribution in [0.3, 0.4) is 0 Å². The predicted octanol–water partition coefficient (Wildman–Crippen LogP) is 1.91. The second kappa shape index (κ2) is 6.30. The minimum Gasteiger partial charge on any atom is -0.481 e. The van der Waals surface area contributed by atoms with Crippen molar-refractivity contribution in [1.29, 1.82) is 5.26 Å². The zero-order valence-corrected chi connectivity index (χ0v) is 12.5. The molecule has 4 unspecified atom stereocenters. The number of nitriles is 1. The summed E-state index contributed by atoms with van der Waals surface area (Å²) in [6.07, 6.45) is 4.98. The van der Waals surface area contributed by atoms with Crippen LogP contribution in [0.5, 0.6) is 0 Å². The van der Waals surface area contributed by atoms with Gasteiger partial charge in [0.1, 0.15) is 0 Å². The number of carboxylic acids is 1. The quantitative estimate of drug-likeness (QED) is 0.758. The molecule has 0 radical (unpaired) electrons. The fraction of sp³-hybridized carbons (Fsp3) is 0.688. The van der Waals surface area contributed by atoms with E-state index in [1.165, 1.54) is 0 Å². The summed E-state index contributed by atoms with van der Waals surface area (Å²) in [5.74, 6) is -1.72. The zero-order chi connectivity index (χ0) is 15.6. The second-order valence-corrected chi connectivity index (χ2v) is 6.42. The number of hydrogen-bond donors (Lipinski definition) is 1. The van der Waals surface area contributed by atoms with Gasteiger partial charge in [0, 0.05) is 13.1 Å². The van der Waals surface area contributed by atoms with Gasteiger partial charge < -0.3 is 10.0 Å². The van der Waals surface area contributed by atoms with E-state index < -0.39 is 17.8 Å². The van der Waals surface area contributed by atoms with Crippen molar-refractivity contribution in [3.8, 4) is 6.07 Å². The minimum absolute atomic E-state index is 0.0154. The van der Waals surface area contributed by atoms with Crippen molar-refractivity contribution in [1.82, 2.24) is 4.90 Å². The molecule has 114 valence electrons. The topological polar surface area (TPSA) is 81.4 Å². The molecule has 4 atom stereocenters. The molecule has 0 spiro atoms. The van der Waals surface area contributed by atoms with Crippen LogP contribution >= 0.6 is 0 Å². The highest BCUT2D eigenvalue weighted by atomic mass is 16.4. The molecule has 2 aliphatic rings. The maximum absolute atomic E-state index is 12.8. The largest absolute Gasteiger partial charge is 0.481 e. The lowest BCUT2D eigenvalue weighted by Gasteiger charge is -2.31. The first-order valence-electron chi connectivity index (χ1n) is 7.52. The van der Waals surface area contributed by atoms with E-state index in [-0.39, 0.29) is 24.2 Å². The molecule has 0 aliphatic heterocycles. The van der Waals surface area contributed by atoms with Crippen LogP contribution in [0.15, 0.2) is 12.2 Å². The first-order chi connectivity index (χ1) is 9.95. The molecule has 21 heavy (non-hydrogen) atoms. The summed E-state index contributed by atoms with van der Waals surface area (Å²) in [6.45, 7) is 4.99. The summed E-state index contributed by atoms with van der Waals surface area (Å²) in [6, 6.07) is 2.06. The molecule has 1 fully saturated rings. The van der Waals surface area contributed by atoms with E-state index in [1.54, 1.807) is 4.90 Å². The van der Waals surface area contributed by atoms with Gasteiger partial charge in [0.15, 0.2) is 0 Å². The fourth-order valence-electron chi connectivity index (χ4n) is 3.62. The third-order valence-corrected chi connectivity index (χ3v) is 4.42. The van der Waals surface area contributed by atoms with E-state index in [9.17, 15) is 14.7 Å². The van der Waals surface area contributed by atoms with Crippen molar-refractivity contribution < 1.29 is 14.7 Å². The van der Waals surface area contributed by atoms with Crippen molar-refractivity contribution in [2.24, 2.45) is 29.6 Å². The van der Waals surface area contributed by atoms with Crippen LogP contribution in [0.1, 0.15) is 26.7 Å². The SMILES string of the molecule is CC(C)CN(CCC#N)C(=O)C1C2C=CC(C2)C1C(=O)O. The average molecular weight is 290 g/mol. The Kier molecular flexibility index (Phi) is 4.66. The molecule has 0 aromatic rings. The first kappa shape index (κ1) is 15.6. The summed E-state index contributed by atoms with van der Waals surface area (Å²) >= 11 is 0. The number of allylic oxidation sites excluding steroid dienone is 2. The van der Waals surface area contributed by atoms with Crippen LogP contribution in [0.25, 0.3) is 0 Å². The Morgan fingerprint density at radius 3 is 2.48 bits per heavy atom. The predicted molar refractivity (Wildman–Crippen MR) is 77.0 cm³/mol. The van der Waals surface area contributed by atoms with Crippen molar-refractivity contribution in [3.63, 3.8) is 0 Å². The number of amides is 1. The number of carbonyl (C=O) groups excluding carboxylic acids is 1. The second-order valence-electron chi connectivity index (χ2n) is 6.42. The molecule has 5 heteroatoms. The Hall–Kier alpha value is -1.83. The Morgan fingerprint density at radius 2 is 1.95 bits per heavy atom. The number of carbonyl (C=O) groups is 2. The maximum Gasteiger partial charge on any atom is 0.307 e. The monoisotopic (exact) mass is 290 g/mol. The van der Waals surface area contributed by atoms with E-state index >= 15 is 0 Å². The average Bonchev–Trinajstić information content (AvgIpc) is 3.02. The highest BCUT2D eigenvalue weighted by Gasteiger charge is 2.52. The van der Waals surface area contributed by atoms with Crippen LogP contribution in [-0.4, -0.2) is 35.0 Å². The number of fused-ring (bicyclic) bond motifs is 2. The summed E-state index contributed by atoms with van der Waals surface area (Å²) in [7, 11) is 0. The van der Waals surface area contributed by atoms with Crippen molar-refractivity contribution >= 4 is 11.9 Å². The smallest absolute Gasteiger partial charge is 0.307 e. The van der Waals surface area contributed by atoms with E-state index in [1.807, 2.05) is 26.0 Å². The van der Waals surface area contributed by atoms with Gasteiger partial charge in [-0.3, -0.25) is 9.59 Å². The molecular formula is C16H22N2O3. The highest BCUT2D eigenvalue weighted by Crippen LogP contribution is 2.48. The van der Waals surface area contributed by atoms with E-state index in [4.69, 9.17) is 5.26 Å². The van der Waals surface area contributed by atoms with Crippen LogP contribution < -0.4 is 0 Å². The van der Waals surface area contributed by atoms with E-state index in [2.05, 4.69) is 6.07 Å². The number of carboxylic acid groups (broad SMARTS) is 1. The van der Waals surface area contributed by atoms with Crippen molar-refractivity contribution in [3.05, 3.63) is 12.2 Å². The Bertz CT molecular complexity index is 492. The van der Waals surface area contributed by atoms with Crippen molar-refractivity contribution in [2.45, 2.75) is 26.7 Å². The highest BCUT2D eigenvalue weighted by molar-refractivity contribution is 5.87. The molecule has 5 nitrogen and oxygen atoms in total. The van der Waals surface area contributed by atoms with Gasteiger partial charge in [-0.05, 0) is 24.2 Å². The van der Waals surface area contributed by atoms with Crippen LogP contribution in [0, 0.1) is 40.9 Å². The van der Waals surface area contributed by atoms with Crippen molar-refractivity contribution in [2.75, 3.05) is 13.1 Å². The molecule has 2 bridgehead atoms. The molecule has 1 saturated carbocycles.